The van der Waals surface area contributed by atoms with Crippen LogP contribution in [0.3, 0.4) is 0 Å². The van der Waals surface area contributed by atoms with Crippen LogP contribution in [0.25, 0.3) is 0 Å². The number of carbonyl (C=O) groups excluding carboxylic acids is 1. The van der Waals surface area contributed by atoms with Crippen LogP contribution in [-0.2, 0) is 24.7 Å². The number of hydrogen-bond donors (Lipinski definition) is 1. The van der Waals surface area contributed by atoms with E-state index in [0.717, 1.165) is 5.56 Å². The van der Waals surface area contributed by atoms with Gasteiger partial charge in [-0.3, -0.25) is 0 Å². The molecule has 1 fully saturated rings. The molecule has 1 saturated heterocycles. The molecule has 0 saturated carbocycles. The maximum absolute atomic E-state index is 12.8. The van der Waals surface area contributed by atoms with E-state index in [2.05, 4.69) is 3.77 Å². The maximum atomic E-state index is 12.8. The zero-order valence-corrected chi connectivity index (χ0v) is 15.2. The van der Waals surface area contributed by atoms with Gasteiger partial charge in [0.15, 0.2) is 0 Å². The Bertz CT molecular complexity index is 818. The van der Waals surface area contributed by atoms with Gasteiger partial charge in [-0.25, -0.2) is 13.3 Å². The molecule has 1 atom stereocenters. The normalized spacial score (nSPS) is 19.4. The lowest BCUT2D eigenvalue weighted by Gasteiger charge is -2.31. The third-order valence-corrected chi connectivity index (χ3v) is 7.80. The van der Waals surface area contributed by atoms with Crippen LogP contribution in [-0.4, -0.2) is 48.5 Å². The highest BCUT2D eigenvalue weighted by molar-refractivity contribution is 8.01. The number of primary amides is 1. The Kier molecular flexibility index (Phi) is 5.51. The van der Waals surface area contributed by atoms with E-state index in [1.165, 1.54) is 22.7 Å². The van der Waals surface area contributed by atoms with E-state index in [1.54, 1.807) is 12.1 Å². The summed E-state index contributed by atoms with van der Waals surface area (Å²) in [7, 11) is -7.12. The molecule has 1 aliphatic rings. The molecule has 8 nitrogen and oxygen atoms in total. The molecule has 24 heavy (non-hydrogen) atoms. The minimum Gasteiger partial charge on any atom is -0.446 e. The first-order valence-corrected chi connectivity index (χ1v) is 10.7. The molecule has 0 bridgehead atoms. The van der Waals surface area contributed by atoms with E-state index < -0.39 is 26.0 Å². The van der Waals surface area contributed by atoms with Crippen molar-refractivity contribution in [1.82, 2.24) is 4.31 Å². The number of nitrogens with two attached hydrogens (primary N) is 1. The number of aryl methyl sites for hydroxylation is 1. The van der Waals surface area contributed by atoms with Crippen molar-refractivity contribution in [3.8, 4) is 0 Å². The maximum Gasteiger partial charge on any atom is 0.404 e. The van der Waals surface area contributed by atoms with E-state index >= 15 is 0 Å². The molecule has 1 amide bonds. The Morgan fingerprint density at radius 2 is 1.75 bits per heavy atom. The summed E-state index contributed by atoms with van der Waals surface area (Å²) >= 11 is 0. The smallest absolute Gasteiger partial charge is 0.404 e. The monoisotopic (exact) mass is 375 g/mol. The standard InChI is InChI=1S/C14H21N3O5S2/c1-11-3-5-13(6-4-11)24(20,21)16-23(2,19)17-9-7-12(8-10-17)22-14(15)18/h3-6,12H,7-10H2,1-2H3,(H2,15,18). The first-order valence-electron chi connectivity index (χ1n) is 7.36. The molecule has 2 N–H and O–H groups in total. The summed E-state index contributed by atoms with van der Waals surface area (Å²) in [6.07, 6.45) is 0.954. The summed E-state index contributed by atoms with van der Waals surface area (Å²) in [6, 6.07) is 6.20. The molecule has 134 valence electrons. The largest absolute Gasteiger partial charge is 0.446 e. The topological polar surface area (TPSA) is 119 Å². The average molecular weight is 375 g/mol. The lowest BCUT2D eigenvalue weighted by molar-refractivity contribution is 0.0748. The third-order valence-electron chi connectivity index (χ3n) is 3.72. The van der Waals surface area contributed by atoms with Gasteiger partial charge >= 0.3 is 6.09 Å². The third kappa shape index (κ3) is 4.68. The van der Waals surface area contributed by atoms with Gasteiger partial charge in [-0.2, -0.15) is 8.42 Å². The minimum absolute atomic E-state index is 0.00891. The van der Waals surface area contributed by atoms with Crippen LogP contribution in [0.2, 0.25) is 0 Å². The van der Waals surface area contributed by atoms with Crippen molar-refractivity contribution in [2.24, 2.45) is 9.50 Å². The highest BCUT2D eigenvalue weighted by Crippen LogP contribution is 2.20. The number of benzene rings is 1. The Hall–Kier alpha value is -1.65. The molecule has 2 rings (SSSR count). The van der Waals surface area contributed by atoms with Crippen molar-refractivity contribution in [3.05, 3.63) is 29.8 Å². The van der Waals surface area contributed by atoms with Gasteiger partial charge in [0, 0.05) is 19.3 Å². The number of hydrogen-bond acceptors (Lipinski definition) is 5. The SMILES string of the molecule is Cc1ccc(S(=O)(=O)N=S(C)(=O)N2CCC(OC(N)=O)CC2)cc1. The summed E-state index contributed by atoms with van der Waals surface area (Å²) < 4.78 is 47.5. The van der Waals surface area contributed by atoms with E-state index in [4.69, 9.17) is 10.5 Å². The first-order chi connectivity index (χ1) is 11.1. The summed E-state index contributed by atoms with van der Waals surface area (Å²) in [5, 5.41) is 0. The Morgan fingerprint density at radius 1 is 1.21 bits per heavy atom. The molecule has 1 unspecified atom stereocenters. The quantitative estimate of drug-likeness (QED) is 0.849. The van der Waals surface area contributed by atoms with Crippen LogP contribution < -0.4 is 5.73 Å². The number of carbonyl (C=O) groups is 1. The van der Waals surface area contributed by atoms with Crippen molar-refractivity contribution in [2.75, 3.05) is 19.3 Å². The fourth-order valence-corrected chi connectivity index (χ4v) is 5.98. The van der Waals surface area contributed by atoms with E-state index in [1.807, 2.05) is 6.92 Å². The second kappa shape index (κ2) is 7.08. The number of amides is 1. The average Bonchev–Trinajstić information content (AvgIpc) is 2.46. The second-order valence-corrected chi connectivity index (χ2v) is 9.75. The number of ether oxygens (including phenoxy) is 1. The predicted octanol–water partition coefficient (Wildman–Crippen LogP) is 1.26. The molecule has 0 spiro atoms. The number of nitrogens with zero attached hydrogens (tertiary/aromatic N) is 2. The molecule has 10 heteroatoms. The highest BCUT2D eigenvalue weighted by Gasteiger charge is 2.27. The van der Waals surface area contributed by atoms with Gasteiger partial charge in [0.25, 0.3) is 10.0 Å². The van der Waals surface area contributed by atoms with Gasteiger partial charge in [0.2, 0.25) is 0 Å². The highest BCUT2D eigenvalue weighted by atomic mass is 32.3. The predicted molar refractivity (Wildman–Crippen MR) is 90.1 cm³/mol. The molecular weight excluding hydrogens is 354 g/mol. The summed E-state index contributed by atoms with van der Waals surface area (Å²) in [5.41, 5.74) is 5.89. The Labute approximate surface area is 142 Å². The fraction of sp³-hybridized carbons (Fsp3) is 0.500. The molecule has 1 aliphatic heterocycles. The van der Waals surface area contributed by atoms with Crippen LogP contribution in [0.1, 0.15) is 18.4 Å². The van der Waals surface area contributed by atoms with Crippen molar-refractivity contribution < 1.29 is 22.2 Å². The summed E-state index contributed by atoms with van der Waals surface area (Å²) in [6.45, 7) is 2.45. The number of rotatable bonds is 4. The molecule has 0 aliphatic carbocycles. The van der Waals surface area contributed by atoms with Crippen LogP contribution in [0.15, 0.2) is 32.9 Å². The molecule has 1 heterocycles. The lowest BCUT2D eigenvalue weighted by Crippen LogP contribution is -2.41. The van der Waals surface area contributed by atoms with Crippen LogP contribution in [0, 0.1) is 6.92 Å². The molecule has 0 radical (unpaired) electrons. The van der Waals surface area contributed by atoms with Gasteiger partial charge in [-0.05, 0) is 31.9 Å². The lowest BCUT2D eigenvalue weighted by atomic mass is 10.1. The zero-order valence-electron chi connectivity index (χ0n) is 13.5. The molecule has 1 aromatic carbocycles. The summed E-state index contributed by atoms with van der Waals surface area (Å²) in [5.74, 6) is 0. The van der Waals surface area contributed by atoms with Gasteiger partial charge in [-0.15, -0.1) is 0 Å². The molecule has 1 aromatic rings. The zero-order chi connectivity index (χ0) is 18.0. The summed E-state index contributed by atoms with van der Waals surface area (Å²) in [4.78, 5) is 10.8. The van der Waals surface area contributed by atoms with Crippen LogP contribution in [0.4, 0.5) is 4.79 Å². The minimum atomic E-state index is -4.01. The van der Waals surface area contributed by atoms with E-state index in [-0.39, 0.29) is 11.0 Å². The van der Waals surface area contributed by atoms with Crippen molar-refractivity contribution >= 4 is 26.0 Å². The second-order valence-electron chi connectivity index (χ2n) is 5.69. The van der Waals surface area contributed by atoms with E-state index in [0.29, 0.717) is 25.9 Å². The van der Waals surface area contributed by atoms with Crippen molar-refractivity contribution in [3.63, 3.8) is 0 Å². The first kappa shape index (κ1) is 18.7. The van der Waals surface area contributed by atoms with Crippen LogP contribution in [0.5, 0.6) is 0 Å². The van der Waals surface area contributed by atoms with Gasteiger partial charge < -0.3 is 10.5 Å². The Balaban J connectivity index is 2.17. The van der Waals surface area contributed by atoms with Gasteiger partial charge in [-0.1, -0.05) is 21.5 Å². The van der Waals surface area contributed by atoms with Crippen LogP contribution >= 0.6 is 0 Å². The van der Waals surface area contributed by atoms with Crippen molar-refractivity contribution in [1.29, 1.82) is 0 Å². The molecule has 0 aromatic heterocycles. The van der Waals surface area contributed by atoms with Crippen molar-refractivity contribution in [2.45, 2.75) is 30.8 Å². The number of piperidine rings is 1. The Morgan fingerprint density at radius 3 is 2.25 bits per heavy atom. The molecular formula is C14H21N3O5S2. The van der Waals surface area contributed by atoms with Gasteiger partial charge in [0.05, 0.1) is 4.90 Å². The van der Waals surface area contributed by atoms with E-state index in [9.17, 15) is 17.4 Å². The number of sulfonamides is 1. The van der Waals surface area contributed by atoms with Gasteiger partial charge in [0.1, 0.15) is 16.0 Å². The fourth-order valence-electron chi connectivity index (χ4n) is 2.44.